The number of rotatable bonds is 3. The highest BCUT2D eigenvalue weighted by Crippen LogP contribution is 2.38. The minimum absolute atomic E-state index is 0.507. The third kappa shape index (κ3) is 3.84. The second kappa shape index (κ2) is 7.59. The molecule has 0 unspecified atom stereocenters. The van der Waals surface area contributed by atoms with Crippen LogP contribution in [0, 0.1) is 3.70 Å². The molecule has 4 rings (SSSR count). The molecule has 152 valence electrons. The minimum atomic E-state index is -0.610. The van der Waals surface area contributed by atoms with Gasteiger partial charge in [-0.2, -0.15) is 9.78 Å². The first kappa shape index (κ1) is 20.1. The van der Waals surface area contributed by atoms with Crippen molar-refractivity contribution in [2.75, 3.05) is 6.61 Å². The smallest absolute Gasteiger partial charge is 0.435 e. The molecule has 6 nitrogen and oxygen atoms in total. The van der Waals surface area contributed by atoms with Crippen LogP contribution in [0.5, 0.6) is 5.75 Å². The van der Waals surface area contributed by atoms with E-state index in [1.165, 1.54) is 15.8 Å². The number of hydrogen-bond donors (Lipinski definition) is 0. The van der Waals surface area contributed by atoms with Gasteiger partial charge in [0.15, 0.2) is 0 Å². The zero-order valence-corrected chi connectivity index (χ0v) is 19.2. The number of pyridine rings is 1. The number of aryl methyl sites for hydroxylation is 1. The fourth-order valence-electron chi connectivity index (χ4n) is 3.73. The van der Waals surface area contributed by atoms with E-state index in [0.29, 0.717) is 27.1 Å². The highest BCUT2D eigenvalue weighted by Gasteiger charge is 2.25. The maximum Gasteiger partial charge on any atom is 0.435 e. The van der Waals surface area contributed by atoms with Crippen LogP contribution in [-0.4, -0.2) is 33.1 Å². The second-order valence-corrected chi connectivity index (χ2v) is 9.14. The molecule has 3 aromatic rings. The lowest BCUT2D eigenvalue weighted by molar-refractivity contribution is 0.0522. The molecule has 0 saturated carbocycles. The lowest BCUT2D eigenvalue weighted by atomic mass is 9.99. The molecule has 0 aliphatic heterocycles. The first-order valence-electron chi connectivity index (χ1n) is 9.85. The summed E-state index contributed by atoms with van der Waals surface area (Å²) in [6.45, 7) is 7.95. The second-order valence-electron chi connectivity index (χ2n) is 8.12. The summed E-state index contributed by atoms with van der Waals surface area (Å²) in [5, 5.41) is 4.39. The molecule has 29 heavy (non-hydrogen) atoms. The molecule has 1 aromatic carbocycles. The number of aromatic nitrogens is 3. The van der Waals surface area contributed by atoms with Crippen molar-refractivity contribution >= 4 is 39.7 Å². The third-order valence-corrected chi connectivity index (χ3v) is 5.57. The van der Waals surface area contributed by atoms with E-state index in [0.717, 1.165) is 30.5 Å². The van der Waals surface area contributed by atoms with Crippen LogP contribution in [0.2, 0.25) is 0 Å². The summed E-state index contributed by atoms with van der Waals surface area (Å²) < 4.78 is 13.4. The van der Waals surface area contributed by atoms with Crippen LogP contribution in [-0.2, 0) is 17.6 Å². The minimum Gasteiger partial charge on any atom is -0.492 e. The van der Waals surface area contributed by atoms with E-state index in [4.69, 9.17) is 14.5 Å². The summed E-state index contributed by atoms with van der Waals surface area (Å²) in [5.74, 6) is 0.654. The monoisotopic (exact) mass is 505 g/mol. The first-order valence-corrected chi connectivity index (χ1v) is 10.9. The van der Waals surface area contributed by atoms with Crippen LogP contribution in [0.15, 0.2) is 24.3 Å². The van der Waals surface area contributed by atoms with Crippen LogP contribution in [0.1, 0.15) is 45.2 Å². The molecule has 0 saturated heterocycles. The van der Waals surface area contributed by atoms with Gasteiger partial charge in [-0.05, 0) is 80.7 Å². The Balaban J connectivity index is 1.90. The summed E-state index contributed by atoms with van der Waals surface area (Å²) in [7, 11) is 0. The molecule has 0 N–H and O–H groups in total. The van der Waals surface area contributed by atoms with Crippen molar-refractivity contribution < 1.29 is 14.3 Å². The number of carbonyl (C=O) groups excluding carboxylic acids is 1. The predicted octanol–water partition coefficient (Wildman–Crippen LogP) is 5.37. The molecular formula is C22H24IN3O3. The lowest BCUT2D eigenvalue weighted by Crippen LogP contribution is -2.27. The Morgan fingerprint density at radius 3 is 2.79 bits per heavy atom. The average molecular weight is 505 g/mol. The summed E-state index contributed by atoms with van der Waals surface area (Å²) in [4.78, 5) is 17.6. The van der Waals surface area contributed by atoms with Crippen molar-refractivity contribution in [1.82, 2.24) is 14.8 Å². The topological polar surface area (TPSA) is 66.2 Å². The van der Waals surface area contributed by atoms with E-state index in [2.05, 4.69) is 45.9 Å². The van der Waals surface area contributed by atoms with E-state index in [-0.39, 0.29) is 0 Å². The molecule has 2 aromatic heterocycles. The fraction of sp³-hybridized carbons (Fsp3) is 0.409. The van der Waals surface area contributed by atoms with Crippen molar-refractivity contribution in [2.24, 2.45) is 0 Å². The standard InChI is InChI=1S/C22H24IN3O3/c1-5-28-17-12-16-19(20(23)25-26(16)21(27)29-22(2,3)4)24-18(17)15-11-7-9-13-8-6-10-14(13)15/h7,9,11-12H,5-6,8,10H2,1-4H3. The Morgan fingerprint density at radius 1 is 1.28 bits per heavy atom. The molecule has 0 fully saturated rings. The summed E-state index contributed by atoms with van der Waals surface area (Å²) in [6.07, 6.45) is 2.78. The molecule has 0 bridgehead atoms. The van der Waals surface area contributed by atoms with Crippen LogP contribution < -0.4 is 4.74 Å². The Labute approximate surface area is 183 Å². The quantitative estimate of drug-likeness (QED) is 0.448. The van der Waals surface area contributed by atoms with Crippen molar-refractivity contribution in [3.8, 4) is 17.0 Å². The third-order valence-electron chi connectivity index (χ3n) is 4.85. The zero-order valence-electron chi connectivity index (χ0n) is 17.1. The highest BCUT2D eigenvalue weighted by atomic mass is 127. The van der Waals surface area contributed by atoms with Gasteiger partial charge >= 0.3 is 6.09 Å². The van der Waals surface area contributed by atoms with Gasteiger partial charge in [0.1, 0.15) is 31.8 Å². The average Bonchev–Trinajstić information content (AvgIpc) is 3.24. The number of hydrogen-bond acceptors (Lipinski definition) is 5. The first-order chi connectivity index (χ1) is 13.8. The Hall–Kier alpha value is -2.16. The SMILES string of the molecule is CCOc1cc2c(nc1-c1cccc3c1CCC3)c(I)nn2C(=O)OC(C)(C)C. The number of ether oxygens (including phenoxy) is 2. The molecular weight excluding hydrogens is 481 g/mol. The van der Waals surface area contributed by atoms with E-state index >= 15 is 0 Å². The van der Waals surface area contributed by atoms with Crippen LogP contribution in [0.4, 0.5) is 4.79 Å². The van der Waals surface area contributed by atoms with Gasteiger partial charge in [0.05, 0.1) is 6.61 Å². The maximum absolute atomic E-state index is 12.7. The van der Waals surface area contributed by atoms with Crippen molar-refractivity contribution in [1.29, 1.82) is 0 Å². The normalized spacial score (nSPS) is 13.6. The maximum atomic E-state index is 12.7. The molecule has 0 spiro atoms. The van der Waals surface area contributed by atoms with Crippen molar-refractivity contribution in [3.63, 3.8) is 0 Å². The Bertz CT molecular complexity index is 1100. The van der Waals surface area contributed by atoms with Crippen molar-refractivity contribution in [2.45, 2.75) is 52.6 Å². The van der Waals surface area contributed by atoms with Gasteiger partial charge in [-0.3, -0.25) is 0 Å². The molecule has 1 aliphatic carbocycles. The largest absolute Gasteiger partial charge is 0.492 e. The Kier molecular flexibility index (Phi) is 5.27. The van der Waals surface area contributed by atoms with Gasteiger partial charge in [-0.25, -0.2) is 9.78 Å². The molecule has 7 heteroatoms. The van der Waals surface area contributed by atoms with Crippen LogP contribution >= 0.6 is 22.6 Å². The van der Waals surface area contributed by atoms with Gasteiger partial charge in [-0.15, -0.1) is 0 Å². The van der Waals surface area contributed by atoms with Crippen molar-refractivity contribution in [3.05, 3.63) is 39.1 Å². The van der Waals surface area contributed by atoms with Crippen LogP contribution in [0.25, 0.3) is 22.3 Å². The zero-order chi connectivity index (χ0) is 20.8. The lowest BCUT2D eigenvalue weighted by Gasteiger charge is -2.19. The van der Waals surface area contributed by atoms with Gasteiger partial charge in [0, 0.05) is 11.6 Å². The van der Waals surface area contributed by atoms with E-state index in [1.807, 2.05) is 33.8 Å². The Morgan fingerprint density at radius 2 is 2.07 bits per heavy atom. The van der Waals surface area contributed by atoms with Gasteiger partial charge < -0.3 is 9.47 Å². The van der Waals surface area contributed by atoms with Gasteiger partial charge in [0.25, 0.3) is 0 Å². The van der Waals surface area contributed by atoms with Gasteiger partial charge in [-0.1, -0.05) is 18.2 Å². The number of carbonyl (C=O) groups is 1. The van der Waals surface area contributed by atoms with E-state index in [9.17, 15) is 4.79 Å². The highest BCUT2D eigenvalue weighted by molar-refractivity contribution is 14.1. The molecule has 0 radical (unpaired) electrons. The molecule has 0 atom stereocenters. The number of nitrogens with zero attached hydrogens (tertiary/aromatic N) is 3. The van der Waals surface area contributed by atoms with E-state index < -0.39 is 11.7 Å². The predicted molar refractivity (Wildman–Crippen MR) is 121 cm³/mol. The van der Waals surface area contributed by atoms with Gasteiger partial charge in [0.2, 0.25) is 0 Å². The summed E-state index contributed by atoms with van der Waals surface area (Å²) in [5.41, 5.74) is 5.28. The summed E-state index contributed by atoms with van der Waals surface area (Å²) >= 11 is 2.11. The van der Waals surface area contributed by atoms with Crippen LogP contribution in [0.3, 0.4) is 0 Å². The molecule has 0 amide bonds. The number of fused-ring (bicyclic) bond motifs is 2. The summed E-state index contributed by atoms with van der Waals surface area (Å²) in [6, 6.07) is 8.23. The molecule has 2 heterocycles. The fourth-order valence-corrected chi connectivity index (χ4v) is 4.34. The van der Waals surface area contributed by atoms with E-state index in [1.54, 1.807) is 0 Å². The molecule has 1 aliphatic rings. The number of halogens is 1. The number of benzene rings is 1.